The van der Waals surface area contributed by atoms with E-state index in [1.54, 1.807) is 14.2 Å². The molecule has 1 aliphatic rings. The van der Waals surface area contributed by atoms with Crippen LogP contribution in [-0.2, 0) is 22.5 Å². The molecule has 0 atom stereocenters. The summed E-state index contributed by atoms with van der Waals surface area (Å²) in [5.74, 6) is 0.339. The van der Waals surface area contributed by atoms with Crippen LogP contribution in [0, 0.1) is 0 Å². The van der Waals surface area contributed by atoms with Crippen LogP contribution in [0.1, 0.15) is 40.5 Å². The highest BCUT2D eigenvalue weighted by atomic mass is 16.5. The third-order valence-electron chi connectivity index (χ3n) is 8.60. The predicted molar refractivity (Wildman–Crippen MR) is 182 cm³/mol. The molecule has 8 heteroatoms. The van der Waals surface area contributed by atoms with Crippen molar-refractivity contribution in [2.75, 3.05) is 26.1 Å². The lowest BCUT2D eigenvalue weighted by atomic mass is 10.0. The first-order valence-corrected chi connectivity index (χ1v) is 15.3. The second-order valence-corrected chi connectivity index (χ2v) is 11.2. The summed E-state index contributed by atoms with van der Waals surface area (Å²) < 4.78 is 18.8. The molecule has 1 N–H and O–H groups in total. The number of nitrogens with zero attached hydrogens (tertiary/aromatic N) is 2. The Hall–Kier alpha value is -5.63. The van der Waals surface area contributed by atoms with Gasteiger partial charge in [-0.15, -0.1) is 0 Å². The van der Waals surface area contributed by atoms with E-state index < -0.39 is 18.5 Å². The lowest BCUT2D eigenvalue weighted by molar-refractivity contribution is -0.119. The van der Waals surface area contributed by atoms with E-state index in [9.17, 15) is 9.59 Å². The number of benzene rings is 4. The number of hydrogen-bond donors (Lipinski definition) is 1. The number of rotatable bonds is 8. The Morgan fingerprint density at radius 2 is 1.61 bits per heavy atom. The van der Waals surface area contributed by atoms with Crippen molar-refractivity contribution in [3.8, 4) is 11.5 Å². The van der Waals surface area contributed by atoms with Crippen LogP contribution in [0.5, 0.6) is 11.5 Å². The van der Waals surface area contributed by atoms with Gasteiger partial charge in [-0.2, -0.15) is 0 Å². The average molecular weight is 612 g/mol. The van der Waals surface area contributed by atoms with Crippen molar-refractivity contribution in [3.05, 3.63) is 107 Å². The normalized spacial score (nSPS) is 13.3. The van der Waals surface area contributed by atoms with Gasteiger partial charge in [0.1, 0.15) is 0 Å². The van der Waals surface area contributed by atoms with Gasteiger partial charge in [-0.05, 0) is 85.0 Å². The predicted octanol–water partition coefficient (Wildman–Crippen LogP) is 7.66. The number of hydrogen-bond acceptors (Lipinski definition) is 6. The first-order valence-electron chi connectivity index (χ1n) is 15.3. The molecule has 0 spiro atoms. The molecule has 46 heavy (non-hydrogen) atoms. The van der Waals surface area contributed by atoms with Gasteiger partial charge >= 0.3 is 5.97 Å². The van der Waals surface area contributed by atoms with Crippen LogP contribution in [0.4, 0.5) is 5.69 Å². The van der Waals surface area contributed by atoms with Crippen LogP contribution in [0.3, 0.4) is 0 Å². The summed E-state index contributed by atoms with van der Waals surface area (Å²) in [5.41, 5.74) is 7.59. The molecule has 230 valence electrons. The van der Waals surface area contributed by atoms with Crippen LogP contribution in [0.2, 0.25) is 0 Å². The van der Waals surface area contributed by atoms with E-state index in [1.807, 2.05) is 72.8 Å². The van der Waals surface area contributed by atoms with Gasteiger partial charge in [-0.3, -0.25) is 4.79 Å². The van der Waals surface area contributed by atoms with Gasteiger partial charge in [0.2, 0.25) is 0 Å². The summed E-state index contributed by atoms with van der Waals surface area (Å²) in [5, 5.41) is 5.80. The van der Waals surface area contributed by atoms with Crippen molar-refractivity contribution in [1.82, 2.24) is 9.55 Å². The highest BCUT2D eigenvalue weighted by Crippen LogP contribution is 2.39. The Kier molecular flexibility index (Phi) is 7.62. The number of fused-ring (bicyclic) bond motifs is 5. The minimum atomic E-state index is -0.543. The van der Waals surface area contributed by atoms with Gasteiger partial charge in [0.15, 0.2) is 18.1 Å². The Labute approximate surface area is 266 Å². The zero-order chi connectivity index (χ0) is 31.8. The van der Waals surface area contributed by atoms with E-state index in [0.717, 1.165) is 50.7 Å². The van der Waals surface area contributed by atoms with Crippen molar-refractivity contribution >= 4 is 61.9 Å². The maximum atomic E-state index is 13.7. The van der Waals surface area contributed by atoms with Gasteiger partial charge in [0, 0.05) is 39.4 Å². The van der Waals surface area contributed by atoms with Gasteiger partial charge in [-0.1, -0.05) is 42.5 Å². The number of esters is 1. The lowest BCUT2D eigenvalue weighted by Crippen LogP contribution is -2.21. The van der Waals surface area contributed by atoms with E-state index in [4.69, 9.17) is 19.2 Å². The Bertz CT molecular complexity index is 2200. The number of methoxy groups -OCH3 is 2. The summed E-state index contributed by atoms with van der Waals surface area (Å²) in [6.45, 7) is 2.55. The van der Waals surface area contributed by atoms with Crippen molar-refractivity contribution < 1.29 is 23.8 Å². The van der Waals surface area contributed by atoms with Crippen molar-refractivity contribution in [1.29, 1.82) is 0 Å². The highest BCUT2D eigenvalue weighted by Gasteiger charge is 2.28. The minimum absolute atomic E-state index is 0.407. The maximum absolute atomic E-state index is 13.7. The summed E-state index contributed by atoms with van der Waals surface area (Å²) in [7, 11) is 3.21. The first kappa shape index (κ1) is 29.1. The molecule has 0 saturated heterocycles. The van der Waals surface area contributed by atoms with E-state index in [1.165, 1.54) is 0 Å². The second-order valence-electron chi connectivity index (χ2n) is 11.2. The topological polar surface area (TPSA) is 91.7 Å². The number of para-hydroxylation sites is 2. The summed E-state index contributed by atoms with van der Waals surface area (Å²) in [6, 6.07) is 27.4. The molecule has 6 aromatic rings. The molecule has 0 unspecified atom stereocenters. The fraction of sp³-hybridized carbons (Fsp3) is 0.184. The third-order valence-corrected chi connectivity index (χ3v) is 8.60. The quantitative estimate of drug-likeness (QED) is 0.178. The number of nitrogens with one attached hydrogen (secondary N) is 1. The molecule has 1 aliphatic carbocycles. The van der Waals surface area contributed by atoms with Gasteiger partial charge in [0.25, 0.3) is 5.91 Å². The molecular formula is C38H33N3O5. The van der Waals surface area contributed by atoms with Crippen LogP contribution in [-0.4, -0.2) is 42.3 Å². The van der Waals surface area contributed by atoms with Crippen molar-refractivity contribution in [3.63, 3.8) is 0 Å². The Morgan fingerprint density at radius 3 is 2.41 bits per heavy atom. The van der Waals surface area contributed by atoms with E-state index in [-0.39, 0.29) is 0 Å². The number of allylic oxidation sites excluding steroid dienone is 1. The maximum Gasteiger partial charge on any atom is 0.339 e. The molecule has 0 saturated carbocycles. The molecule has 7 rings (SSSR count). The molecule has 0 fully saturated rings. The Morgan fingerprint density at radius 1 is 0.848 bits per heavy atom. The molecule has 4 aromatic carbocycles. The Balaban J connectivity index is 1.14. The standard InChI is InChI=1S/C38H33N3O5/c1-4-41-31-12-8-6-9-26(31)29-21-25(15-17-32(29)41)39-35(42)22-46-38(43)36-27-10-5-7-11-30(27)40-37-24(14-16-28(36)37)19-23-13-18-33(44-2)34(20-23)45-3/h5-13,15,17-21H,4,14,16,22H2,1-3H3,(H,39,42). The number of carbonyl (C=O) groups is 2. The van der Waals surface area contributed by atoms with E-state index >= 15 is 0 Å². The van der Waals surface area contributed by atoms with Crippen LogP contribution < -0.4 is 14.8 Å². The van der Waals surface area contributed by atoms with Gasteiger partial charge in [-0.25, -0.2) is 9.78 Å². The molecular weight excluding hydrogens is 578 g/mol. The third kappa shape index (κ3) is 5.11. The average Bonchev–Trinajstić information content (AvgIpc) is 3.63. The van der Waals surface area contributed by atoms with Crippen LogP contribution >= 0.6 is 0 Å². The molecule has 1 amide bonds. The zero-order valence-electron chi connectivity index (χ0n) is 25.9. The monoisotopic (exact) mass is 611 g/mol. The summed E-state index contributed by atoms with van der Waals surface area (Å²) in [4.78, 5) is 31.6. The van der Waals surface area contributed by atoms with E-state index in [0.29, 0.717) is 46.5 Å². The van der Waals surface area contributed by atoms with Crippen LogP contribution in [0.15, 0.2) is 84.9 Å². The van der Waals surface area contributed by atoms with Gasteiger partial charge in [0.05, 0.1) is 31.0 Å². The number of carbonyl (C=O) groups excluding carboxylic acids is 2. The second kappa shape index (κ2) is 12.0. The van der Waals surface area contributed by atoms with E-state index in [2.05, 4.69) is 35.0 Å². The highest BCUT2D eigenvalue weighted by molar-refractivity contribution is 6.10. The van der Waals surface area contributed by atoms with Crippen LogP contribution in [0.25, 0.3) is 44.4 Å². The number of pyridine rings is 1. The first-order chi connectivity index (χ1) is 22.5. The number of aryl methyl sites for hydroxylation is 1. The van der Waals surface area contributed by atoms with Crippen molar-refractivity contribution in [2.45, 2.75) is 26.3 Å². The fourth-order valence-electron chi connectivity index (χ4n) is 6.53. The molecule has 8 nitrogen and oxygen atoms in total. The SMILES string of the molecule is CCn1c2ccccc2c2cc(NC(=O)COC(=O)c3c4c(nc5ccccc35)C(=Cc3ccc(OC)c(OC)c3)CC4)ccc21. The largest absolute Gasteiger partial charge is 0.493 e. The zero-order valence-corrected chi connectivity index (χ0v) is 25.9. The molecule has 0 radical (unpaired) electrons. The van der Waals surface area contributed by atoms with Gasteiger partial charge < -0.3 is 24.1 Å². The molecule has 0 bridgehead atoms. The molecule has 0 aliphatic heterocycles. The molecule has 2 heterocycles. The molecule has 2 aromatic heterocycles. The van der Waals surface area contributed by atoms with Crippen molar-refractivity contribution in [2.24, 2.45) is 0 Å². The minimum Gasteiger partial charge on any atom is -0.493 e. The number of anilines is 1. The summed E-state index contributed by atoms with van der Waals surface area (Å²) in [6.07, 6.45) is 3.41. The summed E-state index contributed by atoms with van der Waals surface area (Å²) >= 11 is 0. The number of amides is 1. The number of aromatic nitrogens is 2. The number of ether oxygens (including phenoxy) is 3. The smallest absolute Gasteiger partial charge is 0.339 e. The fourth-order valence-corrected chi connectivity index (χ4v) is 6.53. The lowest BCUT2D eigenvalue weighted by Gasteiger charge is -2.13.